The summed E-state index contributed by atoms with van der Waals surface area (Å²) in [6, 6.07) is 15.4. The quantitative estimate of drug-likeness (QED) is 0.691. The highest BCUT2D eigenvalue weighted by molar-refractivity contribution is 7.93. The predicted octanol–water partition coefficient (Wildman–Crippen LogP) is 4.50. The van der Waals surface area contributed by atoms with E-state index in [-0.39, 0.29) is 11.5 Å². The molecule has 0 N–H and O–H groups in total. The highest BCUT2D eigenvalue weighted by Gasteiger charge is 2.62. The van der Waals surface area contributed by atoms with Crippen LogP contribution in [0.5, 0.6) is 0 Å². The number of benzene rings is 2. The number of anilines is 1. The van der Waals surface area contributed by atoms with E-state index in [4.69, 9.17) is 4.74 Å². The van der Waals surface area contributed by atoms with Crippen molar-refractivity contribution in [1.82, 2.24) is 4.90 Å². The molecule has 0 amide bonds. The van der Waals surface area contributed by atoms with Crippen LogP contribution in [-0.4, -0.2) is 39.1 Å². The summed E-state index contributed by atoms with van der Waals surface area (Å²) in [4.78, 5) is 2.87. The SMILES string of the molecule is CCOC1=C2CCCN3CC[C@]4(C(=C1)N(S(=O)(=O)c1ccc(C)cc1)c1ccccc14)[C@H]23. The number of fused-ring (bicyclic) bond motifs is 1. The third-order valence-electron chi connectivity index (χ3n) is 7.57. The molecule has 6 heteroatoms. The van der Waals surface area contributed by atoms with Gasteiger partial charge in [0.15, 0.2) is 0 Å². The number of rotatable bonds is 4. The summed E-state index contributed by atoms with van der Waals surface area (Å²) in [7, 11) is -3.78. The molecule has 2 aromatic rings. The lowest BCUT2D eigenvalue weighted by atomic mass is 9.67. The van der Waals surface area contributed by atoms with Crippen LogP contribution in [0.25, 0.3) is 0 Å². The highest BCUT2D eigenvalue weighted by atomic mass is 32.2. The van der Waals surface area contributed by atoms with E-state index in [0.29, 0.717) is 11.5 Å². The molecule has 0 radical (unpaired) electrons. The van der Waals surface area contributed by atoms with Crippen molar-refractivity contribution in [1.29, 1.82) is 0 Å². The van der Waals surface area contributed by atoms with Crippen molar-refractivity contribution < 1.29 is 13.2 Å². The maximum absolute atomic E-state index is 14.1. The fourth-order valence-corrected chi connectivity index (χ4v) is 7.90. The largest absolute Gasteiger partial charge is 0.494 e. The third kappa shape index (κ3) is 2.51. The summed E-state index contributed by atoms with van der Waals surface area (Å²) < 4.78 is 35.9. The Balaban J connectivity index is 1.62. The van der Waals surface area contributed by atoms with Crippen LogP contribution in [0.15, 0.2) is 76.5 Å². The standard InChI is InChI=1S/C26H28N2O3S/c1-3-31-23-17-24-26(14-16-27-15-6-7-20(23)25(26)27)21-8-4-5-9-22(21)28(24)32(29,30)19-12-10-18(2)11-13-19/h4-5,8-13,17,25H,3,6-7,14-16H2,1-2H3/t25-,26-/m0/s1. The Morgan fingerprint density at radius 3 is 2.66 bits per heavy atom. The molecule has 1 aliphatic carbocycles. The van der Waals surface area contributed by atoms with E-state index in [1.54, 1.807) is 16.4 Å². The van der Waals surface area contributed by atoms with Gasteiger partial charge in [0.05, 0.1) is 28.3 Å². The van der Waals surface area contributed by atoms with Crippen LogP contribution in [0.3, 0.4) is 0 Å². The fraction of sp³-hybridized carbons (Fsp3) is 0.385. The van der Waals surface area contributed by atoms with Gasteiger partial charge < -0.3 is 4.74 Å². The molecule has 4 aliphatic rings. The van der Waals surface area contributed by atoms with E-state index >= 15 is 0 Å². The van der Waals surface area contributed by atoms with Crippen LogP contribution in [-0.2, 0) is 20.2 Å². The molecule has 0 saturated carbocycles. The Labute approximate surface area is 190 Å². The summed E-state index contributed by atoms with van der Waals surface area (Å²) in [5.74, 6) is 0.867. The summed E-state index contributed by atoms with van der Waals surface area (Å²) >= 11 is 0. The number of piperidine rings is 1. The summed E-state index contributed by atoms with van der Waals surface area (Å²) in [6.07, 6.45) is 5.09. The molecule has 5 nitrogen and oxygen atoms in total. The number of nitrogens with zero attached hydrogens (tertiary/aromatic N) is 2. The van der Waals surface area contributed by atoms with Crippen molar-refractivity contribution in [2.75, 3.05) is 24.0 Å². The lowest BCUT2D eigenvalue weighted by Crippen LogP contribution is -2.50. The second-order valence-corrected chi connectivity index (χ2v) is 11.0. The first kappa shape index (κ1) is 20.1. The molecule has 1 spiro atoms. The van der Waals surface area contributed by atoms with E-state index in [1.165, 1.54) is 5.57 Å². The number of hydrogen-bond acceptors (Lipinski definition) is 4. The lowest BCUT2D eigenvalue weighted by molar-refractivity contribution is 0.181. The number of sulfonamides is 1. The van der Waals surface area contributed by atoms with Crippen LogP contribution < -0.4 is 4.31 Å². The molecule has 2 fully saturated rings. The number of allylic oxidation sites excluding steroid dienone is 1. The van der Waals surface area contributed by atoms with E-state index < -0.39 is 10.0 Å². The Morgan fingerprint density at radius 1 is 1.09 bits per heavy atom. The minimum Gasteiger partial charge on any atom is -0.494 e. The summed E-state index contributed by atoms with van der Waals surface area (Å²) in [5.41, 5.74) is 4.79. The smallest absolute Gasteiger partial charge is 0.268 e. The first-order valence-electron chi connectivity index (χ1n) is 11.5. The van der Waals surface area contributed by atoms with Gasteiger partial charge in [-0.3, -0.25) is 4.90 Å². The minimum atomic E-state index is -3.78. The Morgan fingerprint density at radius 2 is 1.88 bits per heavy atom. The molecule has 6 rings (SSSR count). The Bertz CT molecular complexity index is 1260. The molecule has 166 valence electrons. The third-order valence-corrected chi connectivity index (χ3v) is 9.31. The molecule has 32 heavy (non-hydrogen) atoms. The monoisotopic (exact) mass is 448 g/mol. The topological polar surface area (TPSA) is 49.9 Å². The Kier molecular flexibility index (Phi) is 4.37. The van der Waals surface area contributed by atoms with Crippen LogP contribution in [0.2, 0.25) is 0 Å². The van der Waals surface area contributed by atoms with E-state index in [1.807, 2.05) is 50.3 Å². The molecule has 0 bridgehead atoms. The number of aryl methyl sites for hydroxylation is 1. The zero-order chi connectivity index (χ0) is 22.1. The molecular formula is C26H28N2O3S. The van der Waals surface area contributed by atoms with Gasteiger partial charge in [0.25, 0.3) is 10.0 Å². The first-order chi connectivity index (χ1) is 15.5. The van der Waals surface area contributed by atoms with Gasteiger partial charge in [-0.05, 0) is 69.0 Å². The predicted molar refractivity (Wildman–Crippen MR) is 125 cm³/mol. The van der Waals surface area contributed by atoms with E-state index in [9.17, 15) is 8.42 Å². The van der Waals surface area contributed by atoms with E-state index in [2.05, 4.69) is 11.0 Å². The van der Waals surface area contributed by atoms with Gasteiger partial charge in [-0.1, -0.05) is 35.9 Å². The van der Waals surface area contributed by atoms with Gasteiger partial charge >= 0.3 is 0 Å². The molecule has 0 unspecified atom stereocenters. The first-order valence-corrected chi connectivity index (χ1v) is 13.0. The second-order valence-electron chi connectivity index (χ2n) is 9.22. The minimum absolute atomic E-state index is 0.164. The molecule has 2 aromatic carbocycles. The van der Waals surface area contributed by atoms with Crippen molar-refractivity contribution in [3.8, 4) is 0 Å². The van der Waals surface area contributed by atoms with Crippen LogP contribution in [0.4, 0.5) is 5.69 Å². The normalized spacial score (nSPS) is 26.5. The molecule has 3 heterocycles. The highest BCUT2D eigenvalue weighted by Crippen LogP contribution is 2.61. The fourth-order valence-electron chi connectivity index (χ4n) is 6.32. The van der Waals surface area contributed by atoms with Crippen molar-refractivity contribution >= 4 is 15.7 Å². The number of ether oxygens (including phenoxy) is 1. The van der Waals surface area contributed by atoms with Crippen LogP contribution in [0, 0.1) is 6.92 Å². The second kappa shape index (κ2) is 6.96. The van der Waals surface area contributed by atoms with Crippen molar-refractivity contribution in [3.05, 3.63) is 82.8 Å². The maximum atomic E-state index is 14.1. The molecule has 2 saturated heterocycles. The number of hydrogen-bond donors (Lipinski definition) is 0. The van der Waals surface area contributed by atoms with Gasteiger partial charge in [-0.25, -0.2) is 12.7 Å². The zero-order valence-corrected chi connectivity index (χ0v) is 19.4. The maximum Gasteiger partial charge on any atom is 0.268 e. The lowest BCUT2D eigenvalue weighted by Gasteiger charge is -2.44. The van der Waals surface area contributed by atoms with Gasteiger partial charge in [0.2, 0.25) is 0 Å². The average molecular weight is 449 g/mol. The van der Waals surface area contributed by atoms with Crippen molar-refractivity contribution in [2.24, 2.45) is 0 Å². The molecule has 2 atom stereocenters. The molecule has 0 aromatic heterocycles. The molecular weight excluding hydrogens is 420 g/mol. The van der Waals surface area contributed by atoms with Gasteiger partial charge in [0.1, 0.15) is 5.76 Å². The average Bonchev–Trinajstić information content (AvgIpc) is 3.32. The summed E-state index contributed by atoms with van der Waals surface area (Å²) in [6.45, 7) is 6.55. The van der Waals surface area contributed by atoms with Gasteiger partial charge in [-0.2, -0.15) is 0 Å². The number of para-hydroxylation sites is 1. The van der Waals surface area contributed by atoms with Crippen molar-refractivity contribution in [3.63, 3.8) is 0 Å². The summed E-state index contributed by atoms with van der Waals surface area (Å²) in [5, 5.41) is 0. The Hall–Kier alpha value is -2.57. The van der Waals surface area contributed by atoms with Gasteiger partial charge in [-0.15, -0.1) is 0 Å². The van der Waals surface area contributed by atoms with Crippen LogP contribution in [0.1, 0.15) is 37.3 Å². The van der Waals surface area contributed by atoms with Crippen LogP contribution >= 0.6 is 0 Å². The van der Waals surface area contributed by atoms with E-state index in [0.717, 1.165) is 60.6 Å². The van der Waals surface area contributed by atoms with Gasteiger partial charge in [0, 0.05) is 18.7 Å². The molecule has 3 aliphatic heterocycles. The zero-order valence-electron chi connectivity index (χ0n) is 18.5. The van der Waals surface area contributed by atoms with Crippen molar-refractivity contribution in [2.45, 2.75) is 49.5 Å².